The van der Waals surface area contributed by atoms with Gasteiger partial charge in [0.2, 0.25) is 5.89 Å². The number of halogens is 2. The van der Waals surface area contributed by atoms with Crippen LogP contribution >= 0.6 is 0 Å². The summed E-state index contributed by atoms with van der Waals surface area (Å²) in [5, 5.41) is 7.04. The van der Waals surface area contributed by atoms with Crippen LogP contribution in [0.15, 0.2) is 59.4 Å². The van der Waals surface area contributed by atoms with Crippen molar-refractivity contribution in [2.45, 2.75) is 19.9 Å². The van der Waals surface area contributed by atoms with Gasteiger partial charge in [-0.15, -0.1) is 10.2 Å². The summed E-state index contributed by atoms with van der Waals surface area (Å²) in [5.41, 5.74) is 3.45. The maximum absolute atomic E-state index is 12.7. The van der Waals surface area contributed by atoms with Crippen LogP contribution in [-0.2, 0) is 6.54 Å². The Balaban J connectivity index is 1.67. The molecule has 3 aromatic heterocycles. The molecule has 0 radical (unpaired) electrons. The lowest BCUT2D eigenvalue weighted by Crippen LogP contribution is -2.03. The lowest BCUT2D eigenvalue weighted by atomic mass is 10.1. The van der Waals surface area contributed by atoms with Gasteiger partial charge in [0.15, 0.2) is 5.82 Å². The third-order valence-electron chi connectivity index (χ3n) is 4.18. The Kier molecular flexibility index (Phi) is 4.45. The summed E-state index contributed by atoms with van der Waals surface area (Å²) in [4.78, 5) is 8.75. The van der Waals surface area contributed by atoms with Crippen molar-refractivity contribution >= 4 is 0 Å². The Morgan fingerprint density at radius 3 is 2.70 bits per heavy atom. The van der Waals surface area contributed by atoms with Crippen molar-refractivity contribution in [3.05, 3.63) is 72.0 Å². The molecule has 0 spiro atoms. The number of imidazole rings is 1. The highest BCUT2D eigenvalue weighted by atomic mass is 19.3. The van der Waals surface area contributed by atoms with Crippen molar-refractivity contribution in [2.75, 3.05) is 0 Å². The number of hydrogen-bond acceptors (Lipinski definition) is 5. The van der Waals surface area contributed by atoms with E-state index in [4.69, 9.17) is 4.42 Å². The first kappa shape index (κ1) is 17.0. The van der Waals surface area contributed by atoms with Gasteiger partial charge in [-0.1, -0.05) is 24.3 Å². The van der Waals surface area contributed by atoms with Crippen LogP contribution in [0.3, 0.4) is 0 Å². The second-order valence-corrected chi connectivity index (χ2v) is 5.98. The first-order valence-corrected chi connectivity index (χ1v) is 8.26. The van der Waals surface area contributed by atoms with Gasteiger partial charge in [0.1, 0.15) is 5.69 Å². The van der Waals surface area contributed by atoms with Crippen molar-refractivity contribution in [2.24, 2.45) is 0 Å². The summed E-state index contributed by atoms with van der Waals surface area (Å²) < 4.78 is 32.3. The Morgan fingerprint density at radius 1 is 1.07 bits per heavy atom. The minimum Gasteiger partial charge on any atom is -0.415 e. The molecule has 0 bridgehead atoms. The third-order valence-corrected chi connectivity index (χ3v) is 4.18. The molecule has 0 saturated heterocycles. The second-order valence-electron chi connectivity index (χ2n) is 5.98. The number of benzene rings is 1. The molecule has 0 aliphatic carbocycles. The summed E-state index contributed by atoms with van der Waals surface area (Å²) in [6, 6.07) is 11.4. The number of rotatable bonds is 5. The van der Waals surface area contributed by atoms with Gasteiger partial charge in [0.25, 0.3) is 5.89 Å². The van der Waals surface area contributed by atoms with E-state index in [1.807, 2.05) is 22.9 Å². The van der Waals surface area contributed by atoms with Crippen LogP contribution in [0, 0.1) is 6.92 Å². The summed E-state index contributed by atoms with van der Waals surface area (Å²) in [5.74, 6) is -0.0240. The standard InChI is InChI=1S/C19H15F2N5O/c1-12-4-2-3-5-14(12)11-26-9-8-23-17(26)15-10-13(6-7-22-15)18-24-25-19(27-18)16(20)21/h2-10,16H,11H2,1H3. The molecule has 0 saturated carbocycles. The van der Waals surface area contributed by atoms with Crippen LogP contribution in [0.25, 0.3) is 23.0 Å². The second kappa shape index (κ2) is 7.06. The average molecular weight is 367 g/mol. The molecule has 0 unspecified atom stereocenters. The highest BCUT2D eigenvalue weighted by molar-refractivity contribution is 5.61. The number of alkyl halides is 2. The summed E-state index contributed by atoms with van der Waals surface area (Å²) in [6.45, 7) is 2.70. The molecule has 0 amide bonds. The Bertz CT molecular complexity index is 1070. The van der Waals surface area contributed by atoms with E-state index in [0.717, 1.165) is 0 Å². The van der Waals surface area contributed by atoms with Crippen molar-refractivity contribution in [3.8, 4) is 23.0 Å². The number of pyridine rings is 1. The van der Waals surface area contributed by atoms with Crippen LogP contribution < -0.4 is 0 Å². The summed E-state index contributed by atoms with van der Waals surface area (Å²) >= 11 is 0. The van der Waals surface area contributed by atoms with Crippen molar-refractivity contribution in [3.63, 3.8) is 0 Å². The maximum atomic E-state index is 12.7. The predicted molar refractivity (Wildman–Crippen MR) is 94.0 cm³/mol. The molecular weight excluding hydrogens is 352 g/mol. The molecule has 27 heavy (non-hydrogen) atoms. The van der Waals surface area contributed by atoms with E-state index in [-0.39, 0.29) is 5.89 Å². The zero-order chi connectivity index (χ0) is 18.8. The molecule has 0 N–H and O–H groups in total. The van der Waals surface area contributed by atoms with Crippen LogP contribution in [0.1, 0.15) is 23.4 Å². The van der Waals surface area contributed by atoms with Crippen molar-refractivity contribution in [1.82, 2.24) is 24.7 Å². The fourth-order valence-electron chi connectivity index (χ4n) is 2.77. The zero-order valence-corrected chi connectivity index (χ0v) is 14.4. The lowest BCUT2D eigenvalue weighted by Gasteiger charge is -2.10. The van der Waals surface area contributed by atoms with E-state index in [1.54, 1.807) is 24.5 Å². The minimum absolute atomic E-state index is 0.0194. The lowest BCUT2D eigenvalue weighted by molar-refractivity contribution is 0.116. The van der Waals surface area contributed by atoms with Crippen molar-refractivity contribution < 1.29 is 13.2 Å². The number of aryl methyl sites for hydroxylation is 1. The molecule has 8 heteroatoms. The molecule has 1 aromatic carbocycles. The SMILES string of the molecule is Cc1ccccc1Cn1ccnc1-c1cc(-c2nnc(C(F)F)o2)ccn1. The quantitative estimate of drug-likeness (QED) is 0.526. The maximum Gasteiger partial charge on any atom is 0.314 e. The molecule has 0 aliphatic rings. The molecular formula is C19H15F2N5O. The molecule has 4 rings (SSSR count). The van der Waals surface area contributed by atoms with E-state index in [9.17, 15) is 8.78 Å². The van der Waals surface area contributed by atoms with Gasteiger partial charge in [-0.05, 0) is 30.2 Å². The Labute approximate surface area is 153 Å². The van der Waals surface area contributed by atoms with Gasteiger partial charge < -0.3 is 8.98 Å². The van der Waals surface area contributed by atoms with Gasteiger partial charge in [0.05, 0.1) is 0 Å². The van der Waals surface area contributed by atoms with E-state index in [0.29, 0.717) is 23.6 Å². The number of nitrogens with zero attached hydrogens (tertiary/aromatic N) is 5. The first-order valence-electron chi connectivity index (χ1n) is 8.26. The van der Waals surface area contributed by atoms with Crippen LogP contribution in [0.4, 0.5) is 8.78 Å². The molecule has 3 heterocycles. The van der Waals surface area contributed by atoms with Crippen LogP contribution in [0.5, 0.6) is 0 Å². The molecule has 6 nitrogen and oxygen atoms in total. The van der Waals surface area contributed by atoms with Gasteiger partial charge in [0, 0.05) is 30.7 Å². The minimum atomic E-state index is -2.81. The summed E-state index contributed by atoms with van der Waals surface area (Å²) in [7, 11) is 0. The molecule has 0 fully saturated rings. The summed E-state index contributed by atoms with van der Waals surface area (Å²) in [6.07, 6.45) is 2.32. The number of hydrogen-bond donors (Lipinski definition) is 0. The topological polar surface area (TPSA) is 69.6 Å². The third kappa shape index (κ3) is 3.46. The van der Waals surface area contributed by atoms with E-state index in [2.05, 4.69) is 39.2 Å². The van der Waals surface area contributed by atoms with E-state index < -0.39 is 12.3 Å². The fraction of sp³-hybridized carbons (Fsp3) is 0.158. The smallest absolute Gasteiger partial charge is 0.314 e. The monoisotopic (exact) mass is 367 g/mol. The zero-order valence-electron chi connectivity index (χ0n) is 14.4. The van der Waals surface area contributed by atoms with Crippen LogP contribution in [-0.4, -0.2) is 24.7 Å². The molecule has 136 valence electrons. The predicted octanol–water partition coefficient (Wildman–Crippen LogP) is 4.29. The number of aromatic nitrogens is 5. The normalized spacial score (nSPS) is 11.3. The molecule has 4 aromatic rings. The molecule has 0 atom stereocenters. The largest absolute Gasteiger partial charge is 0.415 e. The Hall–Kier alpha value is -3.42. The van der Waals surface area contributed by atoms with Gasteiger partial charge in [-0.3, -0.25) is 4.98 Å². The van der Waals surface area contributed by atoms with E-state index in [1.165, 1.54) is 11.1 Å². The first-order chi connectivity index (χ1) is 13.1. The van der Waals surface area contributed by atoms with Crippen LogP contribution in [0.2, 0.25) is 0 Å². The highest BCUT2D eigenvalue weighted by Gasteiger charge is 2.18. The van der Waals surface area contributed by atoms with E-state index >= 15 is 0 Å². The van der Waals surface area contributed by atoms with Gasteiger partial charge >= 0.3 is 6.43 Å². The van der Waals surface area contributed by atoms with Crippen molar-refractivity contribution in [1.29, 1.82) is 0 Å². The molecule has 0 aliphatic heterocycles. The fourth-order valence-corrected chi connectivity index (χ4v) is 2.77. The van der Waals surface area contributed by atoms with Gasteiger partial charge in [-0.25, -0.2) is 4.98 Å². The van der Waals surface area contributed by atoms with Gasteiger partial charge in [-0.2, -0.15) is 8.78 Å². The Morgan fingerprint density at radius 2 is 1.93 bits per heavy atom. The highest BCUT2D eigenvalue weighted by Crippen LogP contribution is 2.26. The average Bonchev–Trinajstić information content (AvgIpc) is 3.33.